The number of anilines is 1. The lowest BCUT2D eigenvalue weighted by molar-refractivity contribution is -0.384. The molecule has 1 aliphatic rings. The zero-order valence-electron chi connectivity index (χ0n) is 16.3. The molecule has 1 amide bonds. The van der Waals surface area contributed by atoms with Crippen molar-refractivity contribution in [1.82, 2.24) is 19.5 Å². The molecule has 154 valence electrons. The van der Waals surface area contributed by atoms with Crippen molar-refractivity contribution in [1.29, 1.82) is 0 Å². The molecule has 0 atom stereocenters. The Bertz CT molecular complexity index is 1110. The molecule has 0 saturated carbocycles. The molecular formula is C20H20N6O4. The van der Waals surface area contributed by atoms with Crippen molar-refractivity contribution in [2.24, 2.45) is 0 Å². The fraction of sp³-hybridized carbons (Fsp3) is 0.300. The van der Waals surface area contributed by atoms with Crippen LogP contribution in [0.5, 0.6) is 5.88 Å². The number of nitrogens with one attached hydrogen (secondary N) is 1. The smallest absolute Gasteiger partial charge is 0.269 e. The summed E-state index contributed by atoms with van der Waals surface area (Å²) in [5, 5.41) is 13.4. The molecule has 0 fully saturated rings. The van der Waals surface area contributed by atoms with Crippen LogP contribution in [0.1, 0.15) is 31.4 Å². The second kappa shape index (κ2) is 8.27. The summed E-state index contributed by atoms with van der Waals surface area (Å²) in [5.74, 6) is 0.170. The van der Waals surface area contributed by atoms with E-state index in [0.717, 1.165) is 18.4 Å². The van der Waals surface area contributed by atoms with Gasteiger partial charge in [0.15, 0.2) is 11.2 Å². The number of rotatable bonds is 7. The van der Waals surface area contributed by atoms with Crippen LogP contribution in [-0.2, 0) is 11.2 Å². The molecule has 0 saturated heterocycles. The topological polar surface area (TPSA) is 125 Å². The number of carbonyl (C=O) groups excluding carboxylic acids is 1. The molecule has 10 nitrogen and oxygen atoms in total. The van der Waals surface area contributed by atoms with E-state index in [1.807, 2.05) is 4.57 Å². The summed E-state index contributed by atoms with van der Waals surface area (Å²) in [6.07, 6.45) is 8.27. The number of non-ortho nitro benzene ring substituents is 1. The van der Waals surface area contributed by atoms with Crippen LogP contribution in [0.15, 0.2) is 42.7 Å². The number of imidazole rings is 1. The lowest BCUT2D eigenvalue weighted by Gasteiger charge is -2.13. The lowest BCUT2D eigenvalue weighted by atomic mass is 10.1. The number of hydrogen-bond acceptors (Lipinski definition) is 7. The third kappa shape index (κ3) is 4.12. The number of hydrogen-bond donors (Lipinski definition) is 1. The number of nitro benzene ring substituents is 1. The molecular weight excluding hydrogens is 388 g/mol. The predicted octanol–water partition coefficient (Wildman–Crippen LogP) is 3.21. The van der Waals surface area contributed by atoms with Crippen LogP contribution in [-0.4, -0.2) is 37.0 Å². The number of nitrogens with zero attached hydrogens (tertiary/aromatic N) is 5. The zero-order chi connectivity index (χ0) is 21.1. The number of allylic oxidation sites excluding steroid dienone is 2. The lowest BCUT2D eigenvalue weighted by Crippen LogP contribution is -2.12. The maximum absolute atomic E-state index is 11.5. The molecule has 4 rings (SSSR count). The largest absolute Gasteiger partial charge is 0.476 e. The first kappa shape index (κ1) is 19.5. The monoisotopic (exact) mass is 408 g/mol. The van der Waals surface area contributed by atoms with Crippen molar-refractivity contribution in [3.8, 4) is 5.88 Å². The van der Waals surface area contributed by atoms with E-state index in [9.17, 15) is 14.9 Å². The van der Waals surface area contributed by atoms with Crippen LogP contribution in [0.25, 0.3) is 11.2 Å². The van der Waals surface area contributed by atoms with Gasteiger partial charge >= 0.3 is 0 Å². The molecule has 2 aromatic heterocycles. The third-order valence-electron chi connectivity index (χ3n) is 4.83. The Kier molecular flexibility index (Phi) is 5.38. The Labute approximate surface area is 171 Å². The summed E-state index contributed by atoms with van der Waals surface area (Å²) >= 11 is 0. The van der Waals surface area contributed by atoms with Crippen molar-refractivity contribution in [3.63, 3.8) is 0 Å². The summed E-state index contributed by atoms with van der Waals surface area (Å²) in [4.78, 5) is 35.0. The second-order valence-corrected chi connectivity index (χ2v) is 6.98. The van der Waals surface area contributed by atoms with Gasteiger partial charge in [0, 0.05) is 31.5 Å². The first-order valence-electron chi connectivity index (χ1n) is 9.54. The van der Waals surface area contributed by atoms with Gasteiger partial charge in [0.05, 0.1) is 17.9 Å². The van der Waals surface area contributed by atoms with Crippen molar-refractivity contribution >= 4 is 28.7 Å². The number of ether oxygens (including phenoxy) is 1. The van der Waals surface area contributed by atoms with E-state index in [4.69, 9.17) is 4.74 Å². The number of benzene rings is 1. The van der Waals surface area contributed by atoms with Crippen LogP contribution >= 0.6 is 0 Å². The van der Waals surface area contributed by atoms with E-state index in [1.165, 1.54) is 19.1 Å². The van der Waals surface area contributed by atoms with Gasteiger partial charge in [-0.05, 0) is 18.4 Å². The average Bonchev–Trinajstić information content (AvgIpc) is 3.37. The molecule has 1 aromatic carbocycles. The van der Waals surface area contributed by atoms with E-state index in [-0.39, 0.29) is 29.5 Å². The molecule has 1 aliphatic carbocycles. The van der Waals surface area contributed by atoms with Crippen molar-refractivity contribution < 1.29 is 14.5 Å². The number of amides is 1. The third-order valence-corrected chi connectivity index (χ3v) is 4.83. The van der Waals surface area contributed by atoms with Gasteiger partial charge in [-0.3, -0.25) is 20.2 Å². The first-order chi connectivity index (χ1) is 14.5. The van der Waals surface area contributed by atoms with Gasteiger partial charge in [0.1, 0.15) is 0 Å². The Morgan fingerprint density at radius 2 is 2.00 bits per heavy atom. The van der Waals surface area contributed by atoms with Gasteiger partial charge < -0.3 is 9.30 Å². The van der Waals surface area contributed by atoms with Crippen molar-refractivity contribution in [3.05, 3.63) is 58.4 Å². The van der Waals surface area contributed by atoms with Gasteiger partial charge in [-0.1, -0.05) is 24.3 Å². The van der Waals surface area contributed by atoms with Crippen molar-refractivity contribution in [2.45, 2.75) is 32.2 Å². The highest BCUT2D eigenvalue weighted by molar-refractivity contribution is 5.88. The number of nitro groups is 1. The van der Waals surface area contributed by atoms with Crippen LogP contribution in [0.4, 0.5) is 11.6 Å². The van der Waals surface area contributed by atoms with Gasteiger partial charge in [-0.15, -0.1) is 0 Å². The summed E-state index contributed by atoms with van der Waals surface area (Å²) < 4.78 is 7.85. The van der Waals surface area contributed by atoms with E-state index in [2.05, 4.69) is 32.4 Å². The Hall–Kier alpha value is -3.82. The molecule has 1 N–H and O–H groups in total. The van der Waals surface area contributed by atoms with Gasteiger partial charge in [0.2, 0.25) is 17.7 Å². The van der Waals surface area contributed by atoms with Crippen LogP contribution in [0.2, 0.25) is 0 Å². The molecule has 0 radical (unpaired) electrons. The number of fused-ring (bicyclic) bond motifs is 1. The highest BCUT2D eigenvalue weighted by Crippen LogP contribution is 2.30. The molecule has 2 heterocycles. The highest BCUT2D eigenvalue weighted by Gasteiger charge is 2.20. The molecule has 3 aromatic rings. The molecule has 30 heavy (non-hydrogen) atoms. The molecule has 0 spiro atoms. The van der Waals surface area contributed by atoms with Crippen molar-refractivity contribution in [2.75, 3.05) is 11.9 Å². The van der Waals surface area contributed by atoms with Crippen LogP contribution in [0, 0.1) is 10.1 Å². The zero-order valence-corrected chi connectivity index (χ0v) is 16.3. The van der Waals surface area contributed by atoms with Gasteiger partial charge in [0.25, 0.3) is 5.69 Å². The summed E-state index contributed by atoms with van der Waals surface area (Å²) in [6.45, 7) is 1.68. The highest BCUT2D eigenvalue weighted by atomic mass is 16.6. The maximum atomic E-state index is 11.5. The quantitative estimate of drug-likeness (QED) is 0.361. The van der Waals surface area contributed by atoms with Crippen LogP contribution in [0.3, 0.4) is 0 Å². The predicted molar refractivity (Wildman–Crippen MR) is 109 cm³/mol. The van der Waals surface area contributed by atoms with Gasteiger partial charge in [-0.25, -0.2) is 4.98 Å². The van der Waals surface area contributed by atoms with E-state index < -0.39 is 4.92 Å². The molecule has 10 heteroatoms. The van der Waals surface area contributed by atoms with E-state index in [1.54, 1.807) is 18.5 Å². The molecule has 0 aliphatic heterocycles. The minimum atomic E-state index is -0.433. The Morgan fingerprint density at radius 3 is 2.67 bits per heavy atom. The molecule has 0 unspecified atom stereocenters. The van der Waals surface area contributed by atoms with Crippen LogP contribution < -0.4 is 10.1 Å². The summed E-state index contributed by atoms with van der Waals surface area (Å²) in [7, 11) is 0. The number of aromatic nitrogens is 4. The standard InChI is InChI=1S/C20H20N6O4/c1-13(27)22-20-23-18-17(21-12-25(18)15-4-2-3-5-15)19(24-20)30-11-10-14-6-8-16(9-7-14)26(28)29/h2-3,6-9,12,15H,4-5,10-11H2,1H3,(H,22,23,24,27). The SMILES string of the molecule is CC(=O)Nc1nc(OCCc2ccc([N+](=O)[O-])cc2)c2ncn(C3CC=CC3)c2n1. The molecule has 0 bridgehead atoms. The first-order valence-corrected chi connectivity index (χ1v) is 9.54. The minimum absolute atomic E-state index is 0.0454. The average molecular weight is 408 g/mol. The Balaban J connectivity index is 1.55. The fourth-order valence-electron chi connectivity index (χ4n) is 3.35. The summed E-state index contributed by atoms with van der Waals surface area (Å²) in [6, 6.07) is 6.54. The fourth-order valence-corrected chi connectivity index (χ4v) is 3.35. The van der Waals surface area contributed by atoms with E-state index in [0.29, 0.717) is 24.2 Å². The minimum Gasteiger partial charge on any atom is -0.476 e. The second-order valence-electron chi connectivity index (χ2n) is 6.98. The van der Waals surface area contributed by atoms with E-state index >= 15 is 0 Å². The normalized spacial score (nSPS) is 13.6. The Morgan fingerprint density at radius 1 is 1.27 bits per heavy atom. The number of carbonyl (C=O) groups is 1. The summed E-state index contributed by atoms with van der Waals surface area (Å²) in [5.41, 5.74) is 2.08. The van der Waals surface area contributed by atoms with Gasteiger partial charge in [-0.2, -0.15) is 9.97 Å². The maximum Gasteiger partial charge on any atom is 0.269 e.